The van der Waals surface area contributed by atoms with E-state index in [9.17, 15) is 14.0 Å². The molecule has 1 aliphatic carbocycles. The average Bonchev–Trinajstić information content (AvgIpc) is 3.25. The highest BCUT2D eigenvalue weighted by Crippen LogP contribution is 2.33. The van der Waals surface area contributed by atoms with E-state index in [1.54, 1.807) is 19.1 Å². The standard InChI is InChI=1S/C17H18FN3O2S/c1-10-20-15(16(24-10)12-3-2-4-13(18)7-12)17(23)21(9-14(19)22)8-11-5-6-11/h2-4,7,11H,5-6,8-9H2,1H3,(H2,19,22). The second-order valence-electron chi connectivity index (χ2n) is 6.02. The number of halogens is 1. The number of aromatic nitrogens is 1. The van der Waals surface area contributed by atoms with Gasteiger partial charge in [0.05, 0.1) is 16.4 Å². The predicted molar refractivity (Wildman–Crippen MR) is 90.1 cm³/mol. The Morgan fingerprint density at radius 2 is 2.17 bits per heavy atom. The minimum Gasteiger partial charge on any atom is -0.368 e. The number of thiazole rings is 1. The summed E-state index contributed by atoms with van der Waals surface area (Å²) < 4.78 is 13.5. The lowest BCUT2D eigenvalue weighted by molar-refractivity contribution is -0.118. The molecule has 0 spiro atoms. The largest absolute Gasteiger partial charge is 0.368 e. The van der Waals surface area contributed by atoms with Crippen molar-refractivity contribution in [3.8, 4) is 10.4 Å². The maximum atomic E-state index is 13.5. The molecule has 0 radical (unpaired) electrons. The number of nitrogens with two attached hydrogens (primary N) is 1. The molecule has 1 aromatic heterocycles. The van der Waals surface area contributed by atoms with Crippen molar-refractivity contribution < 1.29 is 14.0 Å². The third kappa shape index (κ3) is 3.79. The Hall–Kier alpha value is -2.28. The first-order valence-electron chi connectivity index (χ1n) is 7.75. The first-order chi connectivity index (χ1) is 11.4. The van der Waals surface area contributed by atoms with Crippen molar-refractivity contribution in [3.63, 3.8) is 0 Å². The molecule has 2 N–H and O–H groups in total. The molecular formula is C17H18FN3O2S. The van der Waals surface area contributed by atoms with Gasteiger partial charge in [-0.05, 0) is 43.4 Å². The molecule has 24 heavy (non-hydrogen) atoms. The fourth-order valence-corrected chi connectivity index (χ4v) is 3.47. The smallest absolute Gasteiger partial charge is 0.274 e. The van der Waals surface area contributed by atoms with E-state index in [0.717, 1.165) is 12.8 Å². The molecule has 1 heterocycles. The van der Waals surface area contributed by atoms with Crippen LogP contribution < -0.4 is 5.73 Å². The number of carbonyl (C=O) groups is 2. The highest BCUT2D eigenvalue weighted by atomic mass is 32.1. The summed E-state index contributed by atoms with van der Waals surface area (Å²) in [6, 6.07) is 6.07. The summed E-state index contributed by atoms with van der Waals surface area (Å²) in [6.07, 6.45) is 2.10. The fraction of sp³-hybridized carbons (Fsp3) is 0.353. The summed E-state index contributed by atoms with van der Waals surface area (Å²) in [5.41, 5.74) is 6.14. The van der Waals surface area contributed by atoms with E-state index in [-0.39, 0.29) is 24.0 Å². The molecule has 1 fully saturated rings. The normalized spacial score (nSPS) is 13.8. The Morgan fingerprint density at radius 1 is 1.42 bits per heavy atom. The highest BCUT2D eigenvalue weighted by molar-refractivity contribution is 7.15. The second kappa shape index (κ2) is 6.68. The molecule has 0 aliphatic heterocycles. The van der Waals surface area contributed by atoms with Crippen molar-refractivity contribution in [3.05, 3.63) is 40.8 Å². The van der Waals surface area contributed by atoms with Crippen LogP contribution in [0.4, 0.5) is 4.39 Å². The van der Waals surface area contributed by atoms with E-state index in [2.05, 4.69) is 4.98 Å². The topological polar surface area (TPSA) is 76.3 Å². The van der Waals surface area contributed by atoms with Crippen molar-refractivity contribution in [2.45, 2.75) is 19.8 Å². The van der Waals surface area contributed by atoms with Crippen molar-refractivity contribution in [2.24, 2.45) is 11.7 Å². The van der Waals surface area contributed by atoms with Crippen LogP contribution in [0.3, 0.4) is 0 Å². The van der Waals surface area contributed by atoms with Crippen molar-refractivity contribution in [1.29, 1.82) is 0 Å². The molecular weight excluding hydrogens is 329 g/mol. The molecule has 1 aromatic carbocycles. The number of nitrogens with zero attached hydrogens (tertiary/aromatic N) is 2. The minimum atomic E-state index is -0.553. The van der Waals surface area contributed by atoms with Gasteiger partial charge in [0.1, 0.15) is 11.5 Å². The zero-order valence-corrected chi connectivity index (χ0v) is 14.1. The summed E-state index contributed by atoms with van der Waals surface area (Å²) in [6.45, 7) is 2.17. The van der Waals surface area contributed by atoms with Gasteiger partial charge in [0, 0.05) is 6.54 Å². The van der Waals surface area contributed by atoms with Crippen LogP contribution in [0.5, 0.6) is 0 Å². The molecule has 5 nitrogen and oxygen atoms in total. The Bertz CT molecular complexity index is 786. The van der Waals surface area contributed by atoms with Gasteiger partial charge in [0.2, 0.25) is 5.91 Å². The van der Waals surface area contributed by atoms with Crippen molar-refractivity contribution >= 4 is 23.2 Å². The lowest BCUT2D eigenvalue weighted by atomic mass is 10.1. The second-order valence-corrected chi connectivity index (χ2v) is 7.22. The number of hydrogen-bond donors (Lipinski definition) is 1. The Balaban J connectivity index is 1.94. The molecule has 0 saturated heterocycles. The summed E-state index contributed by atoms with van der Waals surface area (Å²) >= 11 is 1.33. The zero-order valence-electron chi connectivity index (χ0n) is 13.3. The van der Waals surface area contributed by atoms with Gasteiger partial charge in [0.15, 0.2) is 0 Å². The van der Waals surface area contributed by atoms with Gasteiger partial charge >= 0.3 is 0 Å². The molecule has 2 aromatic rings. The van der Waals surface area contributed by atoms with Crippen LogP contribution in [0.2, 0.25) is 0 Å². The summed E-state index contributed by atoms with van der Waals surface area (Å²) in [7, 11) is 0. The van der Waals surface area contributed by atoms with Crippen molar-refractivity contribution in [2.75, 3.05) is 13.1 Å². The van der Waals surface area contributed by atoms with E-state index >= 15 is 0 Å². The summed E-state index contributed by atoms with van der Waals surface area (Å²) in [5.74, 6) is -0.831. The average molecular weight is 347 g/mol. The molecule has 126 valence electrons. The van der Waals surface area contributed by atoms with E-state index < -0.39 is 5.91 Å². The minimum absolute atomic E-state index is 0.130. The van der Waals surface area contributed by atoms with Gasteiger partial charge in [-0.3, -0.25) is 9.59 Å². The molecule has 3 rings (SSSR count). The number of rotatable bonds is 6. The van der Waals surface area contributed by atoms with Crippen LogP contribution in [0.1, 0.15) is 28.3 Å². The number of hydrogen-bond acceptors (Lipinski definition) is 4. The third-order valence-electron chi connectivity index (χ3n) is 3.83. The van der Waals surface area contributed by atoms with E-state index in [0.29, 0.717) is 27.9 Å². The van der Waals surface area contributed by atoms with Gasteiger partial charge in [0.25, 0.3) is 5.91 Å². The van der Waals surface area contributed by atoms with Crippen LogP contribution >= 0.6 is 11.3 Å². The molecule has 0 atom stereocenters. The number of carbonyl (C=O) groups excluding carboxylic acids is 2. The van der Waals surface area contributed by atoms with Gasteiger partial charge in [-0.2, -0.15) is 0 Å². The Labute approximate surface area is 143 Å². The molecule has 2 amide bonds. The summed E-state index contributed by atoms with van der Waals surface area (Å²) in [5, 5.41) is 0.711. The Morgan fingerprint density at radius 3 is 2.79 bits per heavy atom. The first kappa shape index (κ1) is 16.6. The van der Waals surface area contributed by atoms with E-state index in [1.807, 2.05) is 0 Å². The molecule has 0 unspecified atom stereocenters. The quantitative estimate of drug-likeness (QED) is 0.872. The Kier molecular flexibility index (Phi) is 4.62. The number of benzene rings is 1. The van der Waals surface area contributed by atoms with Crippen LogP contribution in [0.25, 0.3) is 10.4 Å². The van der Waals surface area contributed by atoms with Crippen LogP contribution in [0.15, 0.2) is 24.3 Å². The van der Waals surface area contributed by atoms with Crippen LogP contribution in [-0.4, -0.2) is 34.8 Å². The predicted octanol–water partition coefficient (Wildman–Crippen LogP) is 2.60. The van der Waals surface area contributed by atoms with Gasteiger partial charge < -0.3 is 10.6 Å². The number of aryl methyl sites for hydroxylation is 1. The molecule has 1 aliphatic rings. The maximum absolute atomic E-state index is 13.5. The highest BCUT2D eigenvalue weighted by Gasteiger charge is 2.30. The van der Waals surface area contributed by atoms with E-state index in [4.69, 9.17) is 5.73 Å². The van der Waals surface area contributed by atoms with Gasteiger partial charge in [-0.25, -0.2) is 9.37 Å². The molecule has 0 bridgehead atoms. The van der Waals surface area contributed by atoms with Crippen molar-refractivity contribution in [1.82, 2.24) is 9.88 Å². The fourth-order valence-electron chi connectivity index (χ4n) is 2.57. The molecule has 7 heteroatoms. The van der Waals surface area contributed by atoms with Crippen LogP contribution in [0, 0.1) is 18.7 Å². The van der Waals surface area contributed by atoms with Gasteiger partial charge in [-0.1, -0.05) is 12.1 Å². The SMILES string of the molecule is Cc1nc(C(=O)N(CC(N)=O)CC2CC2)c(-c2cccc(F)c2)s1. The number of amides is 2. The lowest BCUT2D eigenvalue weighted by Crippen LogP contribution is -2.40. The summed E-state index contributed by atoms with van der Waals surface area (Å²) in [4.78, 5) is 30.6. The number of primary amides is 1. The third-order valence-corrected chi connectivity index (χ3v) is 4.85. The maximum Gasteiger partial charge on any atom is 0.274 e. The zero-order chi connectivity index (χ0) is 17.3. The monoisotopic (exact) mass is 347 g/mol. The lowest BCUT2D eigenvalue weighted by Gasteiger charge is -2.20. The first-order valence-corrected chi connectivity index (χ1v) is 8.56. The van der Waals surface area contributed by atoms with Gasteiger partial charge in [-0.15, -0.1) is 11.3 Å². The van der Waals surface area contributed by atoms with Crippen LogP contribution in [-0.2, 0) is 4.79 Å². The molecule has 1 saturated carbocycles. The van der Waals surface area contributed by atoms with E-state index in [1.165, 1.54) is 28.4 Å².